The lowest BCUT2D eigenvalue weighted by Crippen LogP contribution is -2.30. The minimum atomic E-state index is 0.851. The maximum absolute atomic E-state index is 2.49. The van der Waals surface area contributed by atoms with Gasteiger partial charge in [-0.05, 0) is 35.5 Å². The second-order valence-electron chi connectivity index (χ2n) is 6.42. The van der Waals surface area contributed by atoms with Crippen molar-refractivity contribution < 1.29 is 0 Å². The van der Waals surface area contributed by atoms with Gasteiger partial charge in [0, 0.05) is 0 Å². The fourth-order valence-corrected chi connectivity index (χ4v) is 3.35. The standard InChI is InChI=1S/C17H36/c1-9-12(4)14(6)15(7)16(8)17(11-3)13(5)10-2/h12-17H,9-11H2,1-8H3. The van der Waals surface area contributed by atoms with Crippen molar-refractivity contribution in [1.29, 1.82) is 0 Å². The fourth-order valence-electron chi connectivity index (χ4n) is 3.35. The number of hydrogen-bond acceptors (Lipinski definition) is 0. The van der Waals surface area contributed by atoms with Gasteiger partial charge in [0.15, 0.2) is 0 Å². The lowest BCUT2D eigenvalue weighted by Gasteiger charge is -2.37. The van der Waals surface area contributed by atoms with Gasteiger partial charge in [-0.15, -0.1) is 0 Å². The maximum atomic E-state index is 2.49. The Balaban J connectivity index is 4.59. The van der Waals surface area contributed by atoms with Crippen LogP contribution in [0.1, 0.15) is 74.7 Å². The Morgan fingerprint density at radius 1 is 0.529 bits per heavy atom. The third kappa shape index (κ3) is 4.64. The van der Waals surface area contributed by atoms with Crippen molar-refractivity contribution in [3.05, 3.63) is 0 Å². The first-order chi connectivity index (χ1) is 7.90. The Morgan fingerprint density at radius 2 is 1.00 bits per heavy atom. The van der Waals surface area contributed by atoms with Gasteiger partial charge >= 0.3 is 0 Å². The van der Waals surface area contributed by atoms with Crippen LogP contribution in [0.4, 0.5) is 0 Å². The van der Waals surface area contributed by atoms with Crippen LogP contribution in [0.25, 0.3) is 0 Å². The molecule has 0 spiro atoms. The summed E-state index contributed by atoms with van der Waals surface area (Å²) in [5.74, 6) is 5.21. The molecule has 0 aliphatic rings. The Kier molecular flexibility index (Phi) is 8.16. The molecular formula is C17H36. The first kappa shape index (κ1) is 17.0. The molecule has 0 bridgehead atoms. The first-order valence-electron chi connectivity index (χ1n) is 7.90. The van der Waals surface area contributed by atoms with Crippen LogP contribution in [0.5, 0.6) is 0 Å². The second kappa shape index (κ2) is 8.16. The highest BCUT2D eigenvalue weighted by molar-refractivity contribution is 4.79. The normalized spacial score (nSPS) is 22.6. The molecule has 0 aliphatic heterocycles. The van der Waals surface area contributed by atoms with E-state index in [1.165, 1.54) is 19.3 Å². The smallest absolute Gasteiger partial charge is 0.0363 e. The van der Waals surface area contributed by atoms with Crippen molar-refractivity contribution >= 4 is 0 Å². The molecule has 0 heterocycles. The average molecular weight is 240 g/mol. The molecule has 0 aromatic rings. The van der Waals surface area contributed by atoms with E-state index >= 15 is 0 Å². The van der Waals surface area contributed by atoms with Crippen molar-refractivity contribution in [3.63, 3.8) is 0 Å². The van der Waals surface area contributed by atoms with Crippen molar-refractivity contribution in [1.82, 2.24) is 0 Å². The molecule has 0 aromatic heterocycles. The predicted octanol–water partition coefficient (Wildman–Crippen LogP) is 6.01. The van der Waals surface area contributed by atoms with Crippen LogP contribution >= 0.6 is 0 Å². The van der Waals surface area contributed by atoms with Gasteiger partial charge in [-0.3, -0.25) is 0 Å². The van der Waals surface area contributed by atoms with E-state index in [0.717, 1.165) is 35.5 Å². The lowest BCUT2D eigenvalue weighted by atomic mass is 9.69. The monoisotopic (exact) mass is 240 g/mol. The van der Waals surface area contributed by atoms with Crippen LogP contribution in [-0.2, 0) is 0 Å². The topological polar surface area (TPSA) is 0 Å². The van der Waals surface area contributed by atoms with Gasteiger partial charge in [-0.2, -0.15) is 0 Å². The summed E-state index contributed by atoms with van der Waals surface area (Å²) in [6.45, 7) is 19.3. The van der Waals surface area contributed by atoms with E-state index in [0.29, 0.717) is 0 Å². The van der Waals surface area contributed by atoms with Crippen molar-refractivity contribution in [2.24, 2.45) is 35.5 Å². The molecular weight excluding hydrogens is 204 g/mol. The summed E-state index contributed by atoms with van der Waals surface area (Å²) in [5, 5.41) is 0. The third-order valence-electron chi connectivity index (χ3n) is 5.72. The summed E-state index contributed by atoms with van der Waals surface area (Å²) in [7, 11) is 0. The summed E-state index contributed by atoms with van der Waals surface area (Å²) in [6.07, 6.45) is 3.99. The van der Waals surface area contributed by atoms with E-state index in [-0.39, 0.29) is 0 Å². The van der Waals surface area contributed by atoms with Gasteiger partial charge in [-0.25, -0.2) is 0 Å². The summed E-state index contributed by atoms with van der Waals surface area (Å²) >= 11 is 0. The molecule has 0 amide bonds. The Morgan fingerprint density at radius 3 is 1.35 bits per heavy atom. The highest BCUT2D eigenvalue weighted by atomic mass is 14.3. The summed E-state index contributed by atoms with van der Waals surface area (Å²) in [4.78, 5) is 0. The van der Waals surface area contributed by atoms with Crippen LogP contribution in [0, 0.1) is 35.5 Å². The molecule has 0 fully saturated rings. The van der Waals surface area contributed by atoms with E-state index in [4.69, 9.17) is 0 Å². The minimum absolute atomic E-state index is 0.851. The van der Waals surface area contributed by atoms with Gasteiger partial charge < -0.3 is 0 Å². The molecule has 0 N–H and O–H groups in total. The third-order valence-corrected chi connectivity index (χ3v) is 5.72. The number of rotatable bonds is 8. The molecule has 0 saturated carbocycles. The number of hydrogen-bond donors (Lipinski definition) is 0. The molecule has 0 aliphatic carbocycles. The van der Waals surface area contributed by atoms with E-state index in [2.05, 4.69) is 55.4 Å². The Labute approximate surface area is 111 Å². The average Bonchev–Trinajstić information content (AvgIpc) is 2.36. The quantitative estimate of drug-likeness (QED) is 0.487. The largest absolute Gasteiger partial charge is 0.0651 e. The van der Waals surface area contributed by atoms with Crippen LogP contribution in [0.2, 0.25) is 0 Å². The van der Waals surface area contributed by atoms with Gasteiger partial charge in [0.25, 0.3) is 0 Å². The van der Waals surface area contributed by atoms with Crippen LogP contribution in [0.3, 0.4) is 0 Å². The summed E-state index contributed by atoms with van der Waals surface area (Å²) in [5.41, 5.74) is 0. The molecule has 17 heavy (non-hydrogen) atoms. The molecule has 0 aromatic carbocycles. The second-order valence-corrected chi connectivity index (χ2v) is 6.42. The molecule has 0 saturated heterocycles. The predicted molar refractivity (Wildman–Crippen MR) is 80.2 cm³/mol. The molecule has 6 atom stereocenters. The molecule has 0 rings (SSSR count). The molecule has 104 valence electrons. The maximum Gasteiger partial charge on any atom is -0.0363 e. The van der Waals surface area contributed by atoms with Crippen LogP contribution in [-0.4, -0.2) is 0 Å². The van der Waals surface area contributed by atoms with Gasteiger partial charge in [-0.1, -0.05) is 74.7 Å². The molecule has 6 unspecified atom stereocenters. The van der Waals surface area contributed by atoms with Crippen molar-refractivity contribution in [3.8, 4) is 0 Å². The SMILES string of the molecule is CCC(C)C(C)C(C)C(C)C(CC)C(C)CC. The zero-order valence-electron chi connectivity index (χ0n) is 13.6. The highest BCUT2D eigenvalue weighted by Gasteiger charge is 2.29. The molecule has 0 nitrogen and oxygen atoms in total. The van der Waals surface area contributed by atoms with Gasteiger partial charge in [0.2, 0.25) is 0 Å². The van der Waals surface area contributed by atoms with Gasteiger partial charge in [0.1, 0.15) is 0 Å². The van der Waals surface area contributed by atoms with Gasteiger partial charge in [0.05, 0.1) is 0 Å². The van der Waals surface area contributed by atoms with Crippen molar-refractivity contribution in [2.45, 2.75) is 74.7 Å². The minimum Gasteiger partial charge on any atom is -0.0651 e. The zero-order chi connectivity index (χ0) is 13.6. The Bertz CT molecular complexity index is 184. The highest BCUT2D eigenvalue weighted by Crippen LogP contribution is 2.37. The van der Waals surface area contributed by atoms with Crippen LogP contribution < -0.4 is 0 Å². The van der Waals surface area contributed by atoms with Crippen LogP contribution in [0.15, 0.2) is 0 Å². The lowest BCUT2D eigenvalue weighted by molar-refractivity contribution is 0.122. The van der Waals surface area contributed by atoms with E-state index in [1.54, 1.807) is 0 Å². The van der Waals surface area contributed by atoms with E-state index in [9.17, 15) is 0 Å². The van der Waals surface area contributed by atoms with Crippen molar-refractivity contribution in [2.75, 3.05) is 0 Å². The van der Waals surface area contributed by atoms with E-state index < -0.39 is 0 Å². The zero-order valence-corrected chi connectivity index (χ0v) is 13.6. The first-order valence-corrected chi connectivity index (χ1v) is 7.90. The summed E-state index contributed by atoms with van der Waals surface area (Å²) in [6, 6.07) is 0. The molecule has 0 radical (unpaired) electrons. The fraction of sp³-hybridized carbons (Fsp3) is 1.00. The summed E-state index contributed by atoms with van der Waals surface area (Å²) < 4.78 is 0. The van der Waals surface area contributed by atoms with E-state index in [1.807, 2.05) is 0 Å². The molecule has 0 heteroatoms. The Hall–Kier alpha value is 0.